The minimum Gasteiger partial charge on any atom is -0.394 e. The Hall–Kier alpha value is -1.11. The molecule has 3 nitrogen and oxygen atoms in total. The first-order valence-electron chi connectivity index (χ1n) is 6.81. The van der Waals surface area contributed by atoms with Crippen molar-refractivity contribution in [1.29, 1.82) is 0 Å². The highest BCUT2D eigenvalue weighted by molar-refractivity contribution is 14.1. The summed E-state index contributed by atoms with van der Waals surface area (Å²) in [5.41, 5.74) is 1.87. The highest BCUT2D eigenvalue weighted by Gasteiger charge is 2.20. The van der Waals surface area contributed by atoms with E-state index in [1.807, 2.05) is 42.5 Å². The summed E-state index contributed by atoms with van der Waals surface area (Å²) in [7, 11) is 0. The van der Waals surface area contributed by atoms with Gasteiger partial charge in [0.25, 0.3) is 5.91 Å². The molecule has 116 valence electrons. The highest BCUT2D eigenvalue weighted by Crippen LogP contribution is 2.25. The van der Waals surface area contributed by atoms with E-state index in [2.05, 4.69) is 27.9 Å². The standard InChI is InChI=1S/C17H17ClINO2/c1-17(2,10-21)20-16(22)13-7-12(8-15(19)9-13)11-3-5-14(18)6-4-11/h3-9,21H,10H2,1-2H3,(H,20,22). The predicted molar refractivity (Wildman–Crippen MR) is 98.2 cm³/mol. The van der Waals surface area contributed by atoms with Crippen LogP contribution in [-0.2, 0) is 0 Å². The predicted octanol–water partition coefficient (Wildman–Crippen LogP) is 4.11. The molecule has 0 aliphatic heterocycles. The third kappa shape index (κ3) is 4.44. The molecule has 0 heterocycles. The zero-order valence-corrected chi connectivity index (χ0v) is 15.3. The molecule has 0 atom stereocenters. The van der Waals surface area contributed by atoms with Crippen LogP contribution < -0.4 is 5.32 Å². The summed E-state index contributed by atoms with van der Waals surface area (Å²) < 4.78 is 0.969. The average Bonchev–Trinajstić information content (AvgIpc) is 2.47. The van der Waals surface area contributed by atoms with Gasteiger partial charge < -0.3 is 10.4 Å². The number of nitrogens with one attached hydrogen (secondary N) is 1. The molecular weight excluding hydrogens is 413 g/mol. The van der Waals surface area contributed by atoms with Crippen LogP contribution in [0.25, 0.3) is 11.1 Å². The van der Waals surface area contributed by atoms with Gasteiger partial charge in [-0.25, -0.2) is 0 Å². The molecule has 22 heavy (non-hydrogen) atoms. The van der Waals surface area contributed by atoms with E-state index in [1.165, 1.54) is 0 Å². The summed E-state index contributed by atoms with van der Waals surface area (Å²) in [5.74, 6) is -0.201. The molecule has 0 spiro atoms. The van der Waals surface area contributed by atoms with Crippen LogP contribution in [0.15, 0.2) is 42.5 Å². The van der Waals surface area contributed by atoms with Crippen LogP contribution in [0.4, 0.5) is 0 Å². The number of hydrogen-bond acceptors (Lipinski definition) is 2. The van der Waals surface area contributed by atoms with Gasteiger partial charge in [-0.15, -0.1) is 0 Å². The lowest BCUT2D eigenvalue weighted by atomic mass is 10.0. The molecule has 0 radical (unpaired) electrons. The van der Waals surface area contributed by atoms with Crippen LogP contribution in [-0.4, -0.2) is 23.2 Å². The Morgan fingerprint density at radius 3 is 2.41 bits per heavy atom. The lowest BCUT2D eigenvalue weighted by Crippen LogP contribution is -2.46. The van der Waals surface area contributed by atoms with Crippen LogP contribution in [0.1, 0.15) is 24.2 Å². The number of aliphatic hydroxyl groups is 1. The quantitative estimate of drug-likeness (QED) is 0.719. The number of rotatable bonds is 4. The molecule has 0 aromatic heterocycles. The zero-order valence-electron chi connectivity index (χ0n) is 12.4. The Kier molecular flexibility index (Phi) is 5.47. The summed E-state index contributed by atoms with van der Waals surface area (Å²) in [5, 5.41) is 12.8. The Labute approximate surface area is 148 Å². The molecular formula is C17H17ClINO2. The topological polar surface area (TPSA) is 49.3 Å². The van der Waals surface area contributed by atoms with Crippen LogP contribution in [0, 0.1) is 3.57 Å². The molecule has 2 aromatic rings. The monoisotopic (exact) mass is 429 g/mol. The van der Waals surface area contributed by atoms with E-state index in [4.69, 9.17) is 11.6 Å². The minimum absolute atomic E-state index is 0.118. The van der Waals surface area contributed by atoms with Gasteiger partial charge in [0.2, 0.25) is 0 Å². The van der Waals surface area contributed by atoms with Crippen molar-refractivity contribution in [2.75, 3.05) is 6.61 Å². The largest absolute Gasteiger partial charge is 0.394 e. The van der Waals surface area contributed by atoms with Crippen molar-refractivity contribution in [3.63, 3.8) is 0 Å². The van der Waals surface area contributed by atoms with Gasteiger partial charge in [0.05, 0.1) is 12.1 Å². The van der Waals surface area contributed by atoms with Crippen LogP contribution >= 0.6 is 34.2 Å². The minimum atomic E-state index is -0.654. The smallest absolute Gasteiger partial charge is 0.251 e. The average molecular weight is 430 g/mol. The van der Waals surface area contributed by atoms with Crippen molar-refractivity contribution >= 4 is 40.1 Å². The lowest BCUT2D eigenvalue weighted by Gasteiger charge is -2.23. The maximum absolute atomic E-state index is 12.4. The van der Waals surface area contributed by atoms with Crippen LogP contribution in [0.3, 0.4) is 0 Å². The normalized spacial score (nSPS) is 11.3. The second-order valence-corrected chi connectivity index (χ2v) is 7.41. The molecule has 0 unspecified atom stereocenters. The molecule has 0 bridgehead atoms. The van der Waals surface area contributed by atoms with Crippen molar-refractivity contribution in [2.24, 2.45) is 0 Å². The van der Waals surface area contributed by atoms with Crippen molar-refractivity contribution in [2.45, 2.75) is 19.4 Å². The second kappa shape index (κ2) is 6.98. The Morgan fingerprint density at radius 1 is 1.18 bits per heavy atom. The van der Waals surface area contributed by atoms with E-state index in [1.54, 1.807) is 13.8 Å². The molecule has 0 aliphatic rings. The van der Waals surface area contributed by atoms with Crippen LogP contribution in [0.5, 0.6) is 0 Å². The van der Waals surface area contributed by atoms with E-state index >= 15 is 0 Å². The van der Waals surface area contributed by atoms with E-state index in [0.717, 1.165) is 14.7 Å². The fraction of sp³-hybridized carbons (Fsp3) is 0.235. The van der Waals surface area contributed by atoms with Crippen molar-refractivity contribution < 1.29 is 9.90 Å². The number of hydrogen-bond donors (Lipinski definition) is 2. The fourth-order valence-corrected chi connectivity index (χ4v) is 2.75. The third-order valence-corrected chi connectivity index (χ3v) is 4.06. The highest BCUT2D eigenvalue weighted by atomic mass is 127. The number of carbonyl (C=O) groups excluding carboxylic acids is 1. The molecule has 0 saturated heterocycles. The first-order chi connectivity index (χ1) is 10.3. The Bertz CT molecular complexity index is 684. The molecule has 0 fully saturated rings. The van der Waals surface area contributed by atoms with Gasteiger partial charge in [-0.3, -0.25) is 4.79 Å². The van der Waals surface area contributed by atoms with Gasteiger partial charge in [-0.2, -0.15) is 0 Å². The maximum atomic E-state index is 12.4. The van der Waals surface area contributed by atoms with Crippen LogP contribution in [0.2, 0.25) is 5.02 Å². The number of amides is 1. The summed E-state index contributed by atoms with van der Waals surface area (Å²) in [6.45, 7) is 3.44. The molecule has 2 N–H and O–H groups in total. The Morgan fingerprint density at radius 2 is 1.82 bits per heavy atom. The van der Waals surface area contributed by atoms with Gasteiger partial charge in [0.15, 0.2) is 0 Å². The van der Waals surface area contributed by atoms with Gasteiger partial charge in [-0.05, 0) is 77.9 Å². The maximum Gasteiger partial charge on any atom is 0.251 e. The van der Waals surface area contributed by atoms with E-state index < -0.39 is 5.54 Å². The second-order valence-electron chi connectivity index (χ2n) is 5.73. The van der Waals surface area contributed by atoms with Crippen molar-refractivity contribution in [3.05, 3.63) is 56.6 Å². The molecule has 1 amide bonds. The molecule has 5 heteroatoms. The van der Waals surface area contributed by atoms with Gasteiger partial charge in [0.1, 0.15) is 0 Å². The molecule has 2 aromatic carbocycles. The first kappa shape index (κ1) is 17.2. The van der Waals surface area contributed by atoms with Crippen molar-refractivity contribution in [3.8, 4) is 11.1 Å². The zero-order chi connectivity index (χ0) is 16.3. The lowest BCUT2D eigenvalue weighted by molar-refractivity contribution is 0.0869. The Balaban J connectivity index is 2.34. The summed E-state index contributed by atoms with van der Waals surface area (Å²) in [4.78, 5) is 12.4. The molecule has 2 rings (SSSR count). The molecule has 0 aliphatic carbocycles. The fourth-order valence-electron chi connectivity index (χ4n) is 1.95. The van der Waals surface area contributed by atoms with Crippen molar-refractivity contribution in [1.82, 2.24) is 5.32 Å². The van der Waals surface area contributed by atoms with E-state index in [0.29, 0.717) is 10.6 Å². The van der Waals surface area contributed by atoms with E-state index in [9.17, 15) is 9.90 Å². The number of benzene rings is 2. The summed E-state index contributed by atoms with van der Waals surface area (Å²) >= 11 is 8.10. The third-order valence-electron chi connectivity index (χ3n) is 3.18. The number of halogens is 2. The van der Waals surface area contributed by atoms with Gasteiger partial charge >= 0.3 is 0 Å². The summed E-state index contributed by atoms with van der Waals surface area (Å²) in [6.07, 6.45) is 0. The SMILES string of the molecule is CC(C)(CO)NC(=O)c1cc(I)cc(-c2ccc(Cl)cc2)c1. The van der Waals surface area contributed by atoms with Gasteiger partial charge in [-0.1, -0.05) is 23.7 Å². The first-order valence-corrected chi connectivity index (χ1v) is 8.26. The molecule has 0 saturated carbocycles. The van der Waals surface area contributed by atoms with Gasteiger partial charge in [0, 0.05) is 14.2 Å². The van der Waals surface area contributed by atoms with E-state index in [-0.39, 0.29) is 12.5 Å². The summed E-state index contributed by atoms with van der Waals surface area (Å²) in [6, 6.07) is 13.2. The number of aliphatic hydroxyl groups excluding tert-OH is 1. The number of carbonyl (C=O) groups is 1.